The number of ether oxygens (including phenoxy) is 1. The van der Waals surface area contributed by atoms with Gasteiger partial charge in [0.15, 0.2) is 0 Å². The van der Waals surface area contributed by atoms with Crippen molar-refractivity contribution in [3.05, 3.63) is 29.1 Å². The second-order valence-electron chi connectivity index (χ2n) is 5.46. The highest BCUT2D eigenvalue weighted by Crippen LogP contribution is 2.21. The maximum Gasteiger partial charge on any atom is 0.337 e. The first-order valence-electron chi connectivity index (χ1n) is 6.43. The van der Waals surface area contributed by atoms with Crippen LogP contribution in [0, 0.1) is 6.92 Å². The topological polar surface area (TPSA) is 79.7 Å². The lowest BCUT2D eigenvalue weighted by molar-refractivity contribution is -0.0373. The van der Waals surface area contributed by atoms with Crippen LogP contribution in [0.25, 0.3) is 0 Å². The molecule has 6 heteroatoms. The maximum absolute atomic E-state index is 12.5. The summed E-state index contributed by atoms with van der Waals surface area (Å²) in [7, 11) is 0. The van der Waals surface area contributed by atoms with Gasteiger partial charge in [0.1, 0.15) is 5.69 Å². The maximum atomic E-state index is 12.5. The zero-order valence-corrected chi connectivity index (χ0v) is 11.8. The van der Waals surface area contributed by atoms with Gasteiger partial charge in [-0.05, 0) is 32.9 Å². The Kier molecular flexibility index (Phi) is 3.76. The number of carbonyl (C=O) groups is 2. The summed E-state index contributed by atoms with van der Waals surface area (Å²) >= 11 is 0. The molecule has 2 rings (SSSR count). The number of pyridine rings is 1. The molecule has 6 nitrogen and oxygen atoms in total. The fourth-order valence-corrected chi connectivity index (χ4v) is 2.28. The number of aryl methyl sites for hydroxylation is 1. The highest BCUT2D eigenvalue weighted by atomic mass is 16.5. The predicted octanol–water partition coefficient (Wildman–Crippen LogP) is 1.34. The minimum Gasteiger partial charge on any atom is -0.478 e. The van der Waals surface area contributed by atoms with Gasteiger partial charge in [0.2, 0.25) is 0 Å². The second-order valence-corrected chi connectivity index (χ2v) is 5.46. The molecule has 1 aromatic rings. The number of aromatic nitrogens is 1. The van der Waals surface area contributed by atoms with Crippen molar-refractivity contribution in [1.82, 2.24) is 9.88 Å². The van der Waals surface area contributed by atoms with Gasteiger partial charge >= 0.3 is 5.97 Å². The first-order valence-corrected chi connectivity index (χ1v) is 6.43. The third-order valence-corrected chi connectivity index (χ3v) is 3.43. The van der Waals surface area contributed by atoms with Gasteiger partial charge < -0.3 is 14.7 Å². The van der Waals surface area contributed by atoms with E-state index in [1.165, 1.54) is 12.1 Å². The monoisotopic (exact) mass is 278 g/mol. The molecule has 108 valence electrons. The van der Waals surface area contributed by atoms with Crippen LogP contribution in [0.4, 0.5) is 0 Å². The highest BCUT2D eigenvalue weighted by molar-refractivity contribution is 5.95. The molecule has 20 heavy (non-hydrogen) atoms. The fraction of sp³-hybridized carbons (Fsp3) is 0.500. The Labute approximate surface area is 117 Å². The van der Waals surface area contributed by atoms with E-state index in [2.05, 4.69) is 4.98 Å². The van der Waals surface area contributed by atoms with E-state index in [1.807, 2.05) is 13.8 Å². The van der Waals surface area contributed by atoms with Crippen LogP contribution >= 0.6 is 0 Å². The number of carboxylic acids is 1. The quantitative estimate of drug-likeness (QED) is 0.883. The Morgan fingerprint density at radius 1 is 1.40 bits per heavy atom. The molecule has 1 aromatic heterocycles. The van der Waals surface area contributed by atoms with Crippen LogP contribution in [0.1, 0.15) is 40.4 Å². The van der Waals surface area contributed by atoms with Gasteiger partial charge in [-0.25, -0.2) is 9.78 Å². The van der Waals surface area contributed by atoms with E-state index in [1.54, 1.807) is 11.8 Å². The molecule has 1 aliphatic heterocycles. The molecule has 0 unspecified atom stereocenters. The van der Waals surface area contributed by atoms with Gasteiger partial charge in [-0.2, -0.15) is 0 Å². The van der Waals surface area contributed by atoms with Gasteiger partial charge in [0, 0.05) is 6.54 Å². The van der Waals surface area contributed by atoms with E-state index in [4.69, 9.17) is 9.84 Å². The van der Waals surface area contributed by atoms with Crippen LogP contribution in [0.2, 0.25) is 0 Å². The standard InChI is InChI=1S/C14H18N2O4/c1-9-10(13(18)19)4-5-11(15-9)12(17)16-6-7-20-8-14(16,2)3/h4-5H,6-8H2,1-3H3,(H,18,19). The Bertz CT molecular complexity index is 554. The summed E-state index contributed by atoms with van der Waals surface area (Å²) in [5.41, 5.74) is 0.329. The molecular weight excluding hydrogens is 260 g/mol. The van der Waals surface area contributed by atoms with Crippen LogP contribution in [-0.4, -0.2) is 52.2 Å². The van der Waals surface area contributed by atoms with Gasteiger partial charge in [0.05, 0.1) is 30.0 Å². The second kappa shape index (κ2) is 5.20. The normalized spacial score (nSPS) is 17.9. The van der Waals surface area contributed by atoms with Crippen molar-refractivity contribution < 1.29 is 19.4 Å². The molecular formula is C14H18N2O4. The zero-order valence-electron chi connectivity index (χ0n) is 11.8. The molecule has 0 bridgehead atoms. The average Bonchev–Trinajstić information content (AvgIpc) is 2.37. The number of nitrogens with zero attached hydrogens (tertiary/aromatic N) is 2. The van der Waals surface area contributed by atoms with Crippen molar-refractivity contribution in [2.75, 3.05) is 19.8 Å². The molecule has 2 heterocycles. The molecule has 1 amide bonds. The van der Waals surface area contributed by atoms with E-state index in [0.717, 1.165) is 0 Å². The van der Waals surface area contributed by atoms with E-state index in [9.17, 15) is 9.59 Å². The minimum absolute atomic E-state index is 0.114. The molecule has 0 aliphatic carbocycles. The van der Waals surface area contributed by atoms with Crippen LogP contribution in [-0.2, 0) is 4.74 Å². The Morgan fingerprint density at radius 3 is 2.65 bits per heavy atom. The third kappa shape index (κ3) is 2.65. The van der Waals surface area contributed by atoms with Gasteiger partial charge in [-0.3, -0.25) is 4.79 Å². The first-order chi connectivity index (χ1) is 9.33. The molecule has 0 aromatic carbocycles. The zero-order chi connectivity index (χ0) is 14.9. The van der Waals surface area contributed by atoms with Crippen molar-refractivity contribution in [3.63, 3.8) is 0 Å². The number of rotatable bonds is 2. The van der Waals surface area contributed by atoms with Crippen molar-refractivity contribution in [2.45, 2.75) is 26.3 Å². The number of amides is 1. The molecule has 1 fully saturated rings. The largest absolute Gasteiger partial charge is 0.478 e. The van der Waals surface area contributed by atoms with Crippen LogP contribution in [0.5, 0.6) is 0 Å². The fourth-order valence-electron chi connectivity index (χ4n) is 2.28. The number of carbonyl (C=O) groups excluding carboxylic acids is 1. The molecule has 0 radical (unpaired) electrons. The number of morpholine rings is 1. The number of carboxylic acid groups (broad SMARTS) is 1. The van der Waals surface area contributed by atoms with Crippen molar-refractivity contribution in [1.29, 1.82) is 0 Å². The molecule has 0 spiro atoms. The summed E-state index contributed by atoms with van der Waals surface area (Å²) in [4.78, 5) is 29.3. The number of aromatic carboxylic acids is 1. The lowest BCUT2D eigenvalue weighted by Crippen LogP contribution is -2.55. The molecule has 1 saturated heterocycles. The molecule has 1 aliphatic rings. The number of hydrogen-bond donors (Lipinski definition) is 1. The van der Waals surface area contributed by atoms with E-state index < -0.39 is 11.5 Å². The van der Waals surface area contributed by atoms with E-state index in [0.29, 0.717) is 25.5 Å². The smallest absolute Gasteiger partial charge is 0.337 e. The SMILES string of the molecule is Cc1nc(C(=O)N2CCOCC2(C)C)ccc1C(=O)O. The summed E-state index contributed by atoms with van der Waals surface area (Å²) in [6.07, 6.45) is 0. The summed E-state index contributed by atoms with van der Waals surface area (Å²) < 4.78 is 5.38. The number of hydrogen-bond acceptors (Lipinski definition) is 4. The average molecular weight is 278 g/mol. The lowest BCUT2D eigenvalue weighted by Gasteiger charge is -2.41. The predicted molar refractivity (Wildman–Crippen MR) is 71.9 cm³/mol. The van der Waals surface area contributed by atoms with Crippen LogP contribution < -0.4 is 0 Å². The van der Waals surface area contributed by atoms with E-state index >= 15 is 0 Å². The van der Waals surface area contributed by atoms with Crippen molar-refractivity contribution in [2.24, 2.45) is 0 Å². The van der Waals surface area contributed by atoms with Crippen molar-refractivity contribution >= 4 is 11.9 Å². The van der Waals surface area contributed by atoms with Gasteiger partial charge in [-0.15, -0.1) is 0 Å². The minimum atomic E-state index is -1.04. The Morgan fingerprint density at radius 2 is 2.10 bits per heavy atom. The van der Waals surface area contributed by atoms with Gasteiger partial charge in [-0.1, -0.05) is 0 Å². The Balaban J connectivity index is 2.29. The highest BCUT2D eigenvalue weighted by Gasteiger charge is 2.35. The summed E-state index contributed by atoms with van der Waals surface area (Å²) in [6, 6.07) is 2.88. The van der Waals surface area contributed by atoms with Crippen molar-refractivity contribution in [3.8, 4) is 0 Å². The molecule has 1 N–H and O–H groups in total. The summed E-state index contributed by atoms with van der Waals surface area (Å²) in [5, 5.41) is 8.98. The molecule has 0 atom stereocenters. The lowest BCUT2D eigenvalue weighted by atomic mass is 10.0. The van der Waals surface area contributed by atoms with Crippen LogP contribution in [0.3, 0.4) is 0 Å². The van der Waals surface area contributed by atoms with Crippen LogP contribution in [0.15, 0.2) is 12.1 Å². The Hall–Kier alpha value is -1.95. The summed E-state index contributed by atoms with van der Waals surface area (Å²) in [5.74, 6) is -1.24. The summed E-state index contributed by atoms with van der Waals surface area (Å²) in [6.45, 7) is 6.94. The third-order valence-electron chi connectivity index (χ3n) is 3.43. The van der Waals surface area contributed by atoms with Gasteiger partial charge in [0.25, 0.3) is 5.91 Å². The molecule has 0 saturated carbocycles. The van der Waals surface area contributed by atoms with E-state index in [-0.39, 0.29) is 17.2 Å². The first kappa shape index (κ1) is 14.5.